The Morgan fingerprint density at radius 3 is 2.38 bits per heavy atom. The van der Waals surface area contributed by atoms with E-state index in [2.05, 4.69) is 44.7 Å². The molecule has 0 radical (unpaired) electrons. The molecule has 0 fully saturated rings. The molecular weight excluding hydrogens is 156 g/mol. The fraction of sp³-hybridized carbons (Fsp3) is 0.385. The smallest absolute Gasteiger partial charge is 0.0253 e. The highest BCUT2D eigenvalue weighted by Crippen LogP contribution is 2.12. The highest BCUT2D eigenvalue weighted by Gasteiger charge is 1.99. The predicted octanol–water partition coefficient (Wildman–Crippen LogP) is 3.92. The lowest BCUT2D eigenvalue weighted by atomic mass is 9.98. The minimum Gasteiger partial charge on any atom is -0.0985 e. The Hall–Kier alpha value is -1.04. The van der Waals surface area contributed by atoms with Gasteiger partial charge in [0.25, 0.3) is 0 Å². The summed E-state index contributed by atoms with van der Waals surface area (Å²) in [7, 11) is 0. The van der Waals surface area contributed by atoms with Gasteiger partial charge in [-0.1, -0.05) is 57.2 Å². The first-order valence-corrected chi connectivity index (χ1v) is 4.97. The first-order chi connectivity index (χ1) is 6.26. The molecule has 1 atom stereocenters. The lowest BCUT2D eigenvalue weighted by Crippen LogP contribution is -1.97. The fourth-order valence-electron chi connectivity index (χ4n) is 1.34. The molecule has 0 spiro atoms. The summed E-state index contributed by atoms with van der Waals surface area (Å²) in [6, 6.07) is 8.65. The number of hydrogen-bond acceptors (Lipinski definition) is 0. The molecule has 1 aromatic carbocycles. The van der Waals surface area contributed by atoms with Gasteiger partial charge in [0.1, 0.15) is 0 Å². The number of rotatable bonds is 4. The van der Waals surface area contributed by atoms with E-state index < -0.39 is 0 Å². The first-order valence-electron chi connectivity index (χ1n) is 4.97. The third kappa shape index (κ3) is 3.06. The van der Waals surface area contributed by atoms with E-state index in [0.717, 1.165) is 5.92 Å². The topological polar surface area (TPSA) is 0 Å². The van der Waals surface area contributed by atoms with Crippen LogP contribution in [0.4, 0.5) is 0 Å². The van der Waals surface area contributed by atoms with Crippen LogP contribution >= 0.6 is 0 Å². The molecule has 0 heterocycles. The van der Waals surface area contributed by atoms with Crippen molar-refractivity contribution in [1.82, 2.24) is 0 Å². The SMILES string of the molecule is C=Cc1ccc(C[C@@H](C)CC)cc1. The lowest BCUT2D eigenvalue weighted by Gasteiger charge is -2.07. The van der Waals surface area contributed by atoms with Gasteiger partial charge < -0.3 is 0 Å². The monoisotopic (exact) mass is 174 g/mol. The maximum Gasteiger partial charge on any atom is -0.0253 e. The molecule has 0 saturated heterocycles. The Morgan fingerprint density at radius 2 is 1.92 bits per heavy atom. The van der Waals surface area contributed by atoms with E-state index in [-0.39, 0.29) is 0 Å². The molecule has 0 unspecified atom stereocenters. The second kappa shape index (κ2) is 4.86. The van der Waals surface area contributed by atoms with Crippen molar-refractivity contribution in [2.24, 2.45) is 5.92 Å². The van der Waals surface area contributed by atoms with E-state index in [1.165, 1.54) is 24.0 Å². The zero-order chi connectivity index (χ0) is 9.68. The molecule has 1 rings (SSSR count). The summed E-state index contributed by atoms with van der Waals surface area (Å²) in [4.78, 5) is 0. The Labute approximate surface area is 81.3 Å². The van der Waals surface area contributed by atoms with Crippen LogP contribution in [-0.4, -0.2) is 0 Å². The van der Waals surface area contributed by atoms with Crippen LogP contribution in [-0.2, 0) is 6.42 Å². The molecule has 1 aromatic rings. The molecule has 0 saturated carbocycles. The Bertz CT molecular complexity index is 256. The van der Waals surface area contributed by atoms with Crippen molar-refractivity contribution in [2.75, 3.05) is 0 Å². The van der Waals surface area contributed by atoms with Crippen LogP contribution in [0.15, 0.2) is 30.8 Å². The molecule has 0 aromatic heterocycles. The molecule has 0 bridgehead atoms. The summed E-state index contributed by atoms with van der Waals surface area (Å²) in [6.07, 6.45) is 4.32. The van der Waals surface area contributed by atoms with Gasteiger partial charge in [-0.3, -0.25) is 0 Å². The van der Waals surface area contributed by atoms with Crippen LogP contribution in [0, 0.1) is 5.92 Å². The molecule has 13 heavy (non-hydrogen) atoms. The number of hydrogen-bond donors (Lipinski definition) is 0. The molecule has 0 aliphatic rings. The van der Waals surface area contributed by atoms with Crippen LogP contribution in [0.25, 0.3) is 6.08 Å². The average molecular weight is 174 g/mol. The Kier molecular flexibility index (Phi) is 3.75. The maximum absolute atomic E-state index is 3.74. The maximum atomic E-state index is 3.74. The lowest BCUT2D eigenvalue weighted by molar-refractivity contribution is 0.560. The van der Waals surface area contributed by atoms with Crippen LogP contribution in [0.3, 0.4) is 0 Å². The molecule has 0 aliphatic heterocycles. The second-order valence-electron chi connectivity index (χ2n) is 3.66. The van der Waals surface area contributed by atoms with Gasteiger partial charge in [-0.2, -0.15) is 0 Å². The van der Waals surface area contributed by atoms with E-state index >= 15 is 0 Å². The van der Waals surface area contributed by atoms with Crippen LogP contribution < -0.4 is 0 Å². The minimum absolute atomic E-state index is 0.787. The van der Waals surface area contributed by atoms with E-state index in [9.17, 15) is 0 Å². The Balaban J connectivity index is 2.63. The molecule has 0 aliphatic carbocycles. The van der Waals surface area contributed by atoms with Crippen molar-refractivity contribution in [3.05, 3.63) is 42.0 Å². The van der Waals surface area contributed by atoms with Crippen molar-refractivity contribution in [2.45, 2.75) is 26.7 Å². The van der Waals surface area contributed by atoms with E-state index in [0.29, 0.717) is 0 Å². The molecule has 70 valence electrons. The normalized spacial score (nSPS) is 12.5. The molecule has 0 nitrogen and oxygen atoms in total. The van der Waals surface area contributed by atoms with Gasteiger partial charge in [0.2, 0.25) is 0 Å². The largest absolute Gasteiger partial charge is 0.0985 e. The van der Waals surface area contributed by atoms with Crippen LogP contribution in [0.2, 0.25) is 0 Å². The summed E-state index contributed by atoms with van der Waals surface area (Å²) in [6.45, 7) is 8.27. The van der Waals surface area contributed by atoms with Crippen molar-refractivity contribution >= 4 is 6.08 Å². The Morgan fingerprint density at radius 1 is 1.31 bits per heavy atom. The van der Waals surface area contributed by atoms with Gasteiger partial charge in [0.05, 0.1) is 0 Å². The summed E-state index contributed by atoms with van der Waals surface area (Å²) >= 11 is 0. The summed E-state index contributed by atoms with van der Waals surface area (Å²) < 4.78 is 0. The van der Waals surface area contributed by atoms with Gasteiger partial charge in [-0.05, 0) is 23.5 Å². The fourth-order valence-corrected chi connectivity index (χ4v) is 1.34. The van der Waals surface area contributed by atoms with E-state index in [1.54, 1.807) is 0 Å². The van der Waals surface area contributed by atoms with Gasteiger partial charge >= 0.3 is 0 Å². The highest BCUT2D eigenvalue weighted by molar-refractivity contribution is 5.47. The zero-order valence-corrected chi connectivity index (χ0v) is 8.59. The van der Waals surface area contributed by atoms with E-state index in [1.807, 2.05) is 6.08 Å². The van der Waals surface area contributed by atoms with Gasteiger partial charge in [0.15, 0.2) is 0 Å². The van der Waals surface area contributed by atoms with Crippen molar-refractivity contribution in [3.63, 3.8) is 0 Å². The van der Waals surface area contributed by atoms with E-state index in [4.69, 9.17) is 0 Å². The minimum atomic E-state index is 0.787. The van der Waals surface area contributed by atoms with Gasteiger partial charge in [-0.25, -0.2) is 0 Å². The van der Waals surface area contributed by atoms with Crippen LogP contribution in [0.5, 0.6) is 0 Å². The predicted molar refractivity (Wildman–Crippen MR) is 59.7 cm³/mol. The van der Waals surface area contributed by atoms with Gasteiger partial charge in [-0.15, -0.1) is 0 Å². The zero-order valence-electron chi connectivity index (χ0n) is 8.59. The van der Waals surface area contributed by atoms with Crippen molar-refractivity contribution < 1.29 is 0 Å². The second-order valence-corrected chi connectivity index (χ2v) is 3.66. The molecule has 0 heteroatoms. The van der Waals surface area contributed by atoms with Crippen molar-refractivity contribution in [1.29, 1.82) is 0 Å². The summed E-state index contributed by atoms with van der Waals surface area (Å²) in [5.41, 5.74) is 2.63. The third-order valence-corrected chi connectivity index (χ3v) is 2.50. The average Bonchev–Trinajstić information content (AvgIpc) is 2.19. The van der Waals surface area contributed by atoms with Gasteiger partial charge in [0, 0.05) is 0 Å². The standard InChI is InChI=1S/C13H18/c1-4-11(3)10-13-8-6-12(5-2)7-9-13/h5-9,11H,2,4,10H2,1,3H3/t11-/m0/s1. The first kappa shape index (κ1) is 10.0. The molecule has 0 amide bonds. The third-order valence-electron chi connectivity index (χ3n) is 2.50. The van der Waals surface area contributed by atoms with Crippen molar-refractivity contribution in [3.8, 4) is 0 Å². The van der Waals surface area contributed by atoms with Crippen LogP contribution in [0.1, 0.15) is 31.4 Å². The molecule has 0 N–H and O–H groups in total. The quantitative estimate of drug-likeness (QED) is 0.649. The summed E-state index contributed by atoms with van der Waals surface area (Å²) in [5.74, 6) is 0.787. The number of benzene rings is 1. The summed E-state index contributed by atoms with van der Waals surface area (Å²) in [5, 5.41) is 0. The molecular formula is C13H18. The highest BCUT2D eigenvalue weighted by atomic mass is 14.0.